The van der Waals surface area contributed by atoms with Crippen molar-refractivity contribution in [2.45, 2.75) is 26.0 Å². The van der Waals surface area contributed by atoms with Crippen LogP contribution in [-0.2, 0) is 13.0 Å². The summed E-state index contributed by atoms with van der Waals surface area (Å²) in [5.74, 6) is 0. The number of para-hydroxylation sites is 1. The number of β-amino-alcohol motifs (C(OH)–C–C–N with tert-alkyl or cyclic N) is 1. The smallest absolute Gasteiger partial charge is 0.0639 e. The van der Waals surface area contributed by atoms with Crippen LogP contribution in [0.3, 0.4) is 0 Å². The molecule has 0 aliphatic carbocycles. The molecule has 3 rings (SSSR count). The Morgan fingerprint density at radius 3 is 3.06 bits per heavy atom. The molecule has 0 saturated carbocycles. The van der Waals surface area contributed by atoms with E-state index in [0.29, 0.717) is 0 Å². The van der Waals surface area contributed by atoms with Crippen LogP contribution >= 0.6 is 0 Å². The normalized spacial score (nSPS) is 18.2. The zero-order valence-corrected chi connectivity index (χ0v) is 10.1. The fourth-order valence-electron chi connectivity index (χ4n) is 2.78. The van der Waals surface area contributed by atoms with Crippen LogP contribution < -0.4 is 0 Å². The number of aliphatic hydroxyl groups excluding tert-OH is 1. The lowest BCUT2D eigenvalue weighted by atomic mass is 10.0. The Morgan fingerprint density at radius 2 is 2.24 bits per heavy atom. The molecule has 2 N–H and O–H groups in total. The van der Waals surface area contributed by atoms with Gasteiger partial charge in [0.15, 0.2) is 0 Å². The number of H-pyrrole nitrogens is 1. The third-order valence-corrected chi connectivity index (χ3v) is 3.48. The summed E-state index contributed by atoms with van der Waals surface area (Å²) in [5.41, 5.74) is 4.01. The Bertz CT molecular complexity index is 530. The highest BCUT2D eigenvalue weighted by atomic mass is 16.3. The molecular formula is C14H18N2O. The molecule has 17 heavy (non-hydrogen) atoms. The Morgan fingerprint density at radius 1 is 1.41 bits per heavy atom. The number of hydrogen-bond donors (Lipinski definition) is 2. The van der Waals surface area contributed by atoms with Gasteiger partial charge in [0.1, 0.15) is 0 Å². The van der Waals surface area contributed by atoms with Crippen molar-refractivity contribution in [3.63, 3.8) is 0 Å². The van der Waals surface area contributed by atoms with Gasteiger partial charge in [-0.3, -0.25) is 4.90 Å². The van der Waals surface area contributed by atoms with Gasteiger partial charge in [-0.1, -0.05) is 18.2 Å². The summed E-state index contributed by atoms with van der Waals surface area (Å²) < 4.78 is 0. The van der Waals surface area contributed by atoms with E-state index in [-0.39, 0.29) is 6.10 Å². The number of nitrogens with one attached hydrogen (secondary N) is 1. The predicted molar refractivity (Wildman–Crippen MR) is 69.0 cm³/mol. The van der Waals surface area contributed by atoms with Crippen LogP contribution in [0.5, 0.6) is 0 Å². The molecule has 3 nitrogen and oxygen atoms in total. The molecule has 0 radical (unpaired) electrons. The number of rotatable bonds is 2. The number of aromatic nitrogens is 1. The molecule has 1 atom stereocenters. The molecule has 1 aliphatic rings. The molecular weight excluding hydrogens is 212 g/mol. The molecule has 3 heteroatoms. The van der Waals surface area contributed by atoms with Crippen LogP contribution in [0, 0.1) is 0 Å². The van der Waals surface area contributed by atoms with Crippen LogP contribution in [-0.4, -0.2) is 34.2 Å². The van der Waals surface area contributed by atoms with E-state index in [9.17, 15) is 5.11 Å². The highest BCUT2D eigenvalue weighted by Crippen LogP contribution is 2.27. The largest absolute Gasteiger partial charge is 0.392 e. The molecule has 1 aromatic carbocycles. The highest BCUT2D eigenvalue weighted by molar-refractivity contribution is 5.84. The summed E-state index contributed by atoms with van der Waals surface area (Å²) in [6, 6.07) is 8.48. The van der Waals surface area contributed by atoms with Gasteiger partial charge in [0, 0.05) is 36.2 Å². The van der Waals surface area contributed by atoms with Crippen molar-refractivity contribution in [1.82, 2.24) is 9.88 Å². The summed E-state index contributed by atoms with van der Waals surface area (Å²) in [6.45, 7) is 4.57. The number of aliphatic hydroxyl groups is 1. The Labute approximate surface area is 101 Å². The van der Waals surface area contributed by atoms with Crippen molar-refractivity contribution in [1.29, 1.82) is 0 Å². The zero-order chi connectivity index (χ0) is 11.8. The number of benzene rings is 1. The predicted octanol–water partition coefficient (Wildman–Crippen LogP) is 1.91. The van der Waals surface area contributed by atoms with Crippen molar-refractivity contribution in [3.8, 4) is 0 Å². The number of fused-ring (bicyclic) bond motifs is 3. The Hall–Kier alpha value is -1.32. The lowest BCUT2D eigenvalue weighted by Crippen LogP contribution is -2.35. The second-order valence-corrected chi connectivity index (χ2v) is 4.96. The van der Waals surface area contributed by atoms with Crippen molar-refractivity contribution >= 4 is 10.9 Å². The maximum atomic E-state index is 9.44. The molecule has 90 valence electrons. The third-order valence-electron chi connectivity index (χ3n) is 3.48. The average Bonchev–Trinajstić information content (AvgIpc) is 2.65. The summed E-state index contributed by atoms with van der Waals surface area (Å²) in [6.07, 6.45) is 0.826. The maximum Gasteiger partial charge on any atom is 0.0639 e. The summed E-state index contributed by atoms with van der Waals surface area (Å²) in [7, 11) is 0. The van der Waals surface area contributed by atoms with Gasteiger partial charge in [-0.05, 0) is 25.0 Å². The first kappa shape index (κ1) is 10.8. The number of nitrogens with zero attached hydrogens (tertiary/aromatic N) is 1. The fourth-order valence-corrected chi connectivity index (χ4v) is 2.78. The second kappa shape index (κ2) is 4.17. The second-order valence-electron chi connectivity index (χ2n) is 4.96. The standard InChI is InChI=1S/C14H18N2O/c1-10(17)8-16-7-6-12-11-4-2-3-5-13(11)15-14(12)9-16/h2-5,10,15,17H,6-9H2,1H3. The SMILES string of the molecule is CC(O)CN1CCc2c([nH]c3ccccc23)C1. The zero-order valence-electron chi connectivity index (χ0n) is 10.1. The molecule has 0 spiro atoms. The summed E-state index contributed by atoms with van der Waals surface area (Å²) >= 11 is 0. The van der Waals surface area contributed by atoms with Crippen molar-refractivity contribution in [2.75, 3.05) is 13.1 Å². The highest BCUT2D eigenvalue weighted by Gasteiger charge is 2.20. The van der Waals surface area contributed by atoms with E-state index < -0.39 is 0 Å². The van der Waals surface area contributed by atoms with Gasteiger partial charge in [0.25, 0.3) is 0 Å². The minimum absolute atomic E-state index is 0.249. The molecule has 0 bridgehead atoms. The van der Waals surface area contributed by atoms with E-state index in [1.807, 2.05) is 6.92 Å². The maximum absolute atomic E-state index is 9.44. The van der Waals surface area contributed by atoms with E-state index >= 15 is 0 Å². The van der Waals surface area contributed by atoms with E-state index in [4.69, 9.17) is 0 Å². The molecule has 0 saturated heterocycles. The van der Waals surface area contributed by atoms with Gasteiger partial charge in [-0.25, -0.2) is 0 Å². The molecule has 0 fully saturated rings. The molecule has 1 aliphatic heterocycles. The summed E-state index contributed by atoms with van der Waals surface area (Å²) in [4.78, 5) is 5.80. The summed E-state index contributed by atoms with van der Waals surface area (Å²) in [5, 5.41) is 10.8. The van der Waals surface area contributed by atoms with Crippen LogP contribution in [0.2, 0.25) is 0 Å². The first-order valence-electron chi connectivity index (χ1n) is 6.23. The average molecular weight is 230 g/mol. The van der Waals surface area contributed by atoms with Crippen molar-refractivity contribution in [2.24, 2.45) is 0 Å². The van der Waals surface area contributed by atoms with Crippen LogP contribution in [0.25, 0.3) is 10.9 Å². The first-order valence-corrected chi connectivity index (χ1v) is 6.23. The lowest BCUT2D eigenvalue weighted by Gasteiger charge is -2.27. The van der Waals surface area contributed by atoms with Gasteiger partial charge in [-0.15, -0.1) is 0 Å². The lowest BCUT2D eigenvalue weighted by molar-refractivity contribution is 0.118. The molecule has 1 aromatic heterocycles. The van der Waals surface area contributed by atoms with E-state index in [0.717, 1.165) is 26.1 Å². The van der Waals surface area contributed by atoms with E-state index in [1.165, 1.54) is 22.2 Å². The Kier molecular flexibility index (Phi) is 2.65. The van der Waals surface area contributed by atoms with Crippen LogP contribution in [0.1, 0.15) is 18.2 Å². The van der Waals surface area contributed by atoms with Gasteiger partial charge in [-0.2, -0.15) is 0 Å². The van der Waals surface area contributed by atoms with E-state index in [2.05, 4.69) is 34.1 Å². The van der Waals surface area contributed by atoms with Crippen molar-refractivity contribution < 1.29 is 5.11 Å². The molecule has 1 unspecified atom stereocenters. The topological polar surface area (TPSA) is 39.3 Å². The van der Waals surface area contributed by atoms with Gasteiger partial charge in [0.2, 0.25) is 0 Å². The Balaban J connectivity index is 1.92. The number of hydrogen-bond acceptors (Lipinski definition) is 2. The molecule has 2 aromatic rings. The fraction of sp³-hybridized carbons (Fsp3) is 0.429. The van der Waals surface area contributed by atoms with Crippen LogP contribution in [0.4, 0.5) is 0 Å². The first-order chi connectivity index (χ1) is 8.24. The molecule has 2 heterocycles. The quantitative estimate of drug-likeness (QED) is 0.827. The third kappa shape index (κ3) is 1.96. The van der Waals surface area contributed by atoms with Crippen LogP contribution in [0.15, 0.2) is 24.3 Å². The minimum Gasteiger partial charge on any atom is -0.392 e. The molecule has 0 amide bonds. The number of aromatic amines is 1. The monoisotopic (exact) mass is 230 g/mol. The van der Waals surface area contributed by atoms with E-state index in [1.54, 1.807) is 0 Å². The minimum atomic E-state index is -0.249. The van der Waals surface area contributed by atoms with Gasteiger partial charge < -0.3 is 10.1 Å². The van der Waals surface area contributed by atoms with Crippen molar-refractivity contribution in [3.05, 3.63) is 35.5 Å². The van der Waals surface area contributed by atoms with Gasteiger partial charge >= 0.3 is 0 Å². The van der Waals surface area contributed by atoms with Gasteiger partial charge in [0.05, 0.1) is 6.10 Å².